The second-order valence-corrected chi connectivity index (χ2v) is 10.2. The van der Waals surface area contributed by atoms with Gasteiger partial charge in [-0.15, -0.1) is 0 Å². The highest BCUT2D eigenvalue weighted by molar-refractivity contribution is 7.70. The van der Waals surface area contributed by atoms with E-state index in [1.807, 2.05) is 24.3 Å². The van der Waals surface area contributed by atoms with Gasteiger partial charge in [-0.3, -0.25) is 9.13 Å². The molecular formula is C16H26O6P2. The number of allylic oxidation sites excluding steroid dienone is 2. The highest BCUT2D eigenvalue weighted by Gasteiger charge is 2.42. The lowest BCUT2D eigenvalue weighted by Crippen LogP contribution is -2.09. The summed E-state index contributed by atoms with van der Waals surface area (Å²) < 4.78 is 22.4. The van der Waals surface area contributed by atoms with E-state index in [2.05, 4.69) is 19.9 Å². The normalized spacial score (nSPS) is 12.5. The summed E-state index contributed by atoms with van der Waals surface area (Å²) in [5, 5.41) is -1.91. The Bertz CT molecular complexity index is 615. The van der Waals surface area contributed by atoms with Gasteiger partial charge >= 0.3 is 15.2 Å². The quantitative estimate of drug-likeness (QED) is 0.387. The first-order chi connectivity index (χ1) is 11.0. The van der Waals surface area contributed by atoms with Crippen LogP contribution in [0.4, 0.5) is 0 Å². The first-order valence-electron chi connectivity index (χ1n) is 7.82. The summed E-state index contributed by atoms with van der Waals surface area (Å²) in [6.45, 7) is 4.12. The predicted molar refractivity (Wildman–Crippen MR) is 95.0 cm³/mol. The highest BCUT2D eigenvalue weighted by atomic mass is 31.2. The van der Waals surface area contributed by atoms with Crippen LogP contribution in [0.15, 0.2) is 35.9 Å². The molecule has 1 aromatic rings. The van der Waals surface area contributed by atoms with Gasteiger partial charge in [0.1, 0.15) is 0 Å². The van der Waals surface area contributed by atoms with Gasteiger partial charge in [-0.05, 0) is 57.1 Å². The molecule has 0 heterocycles. The Labute approximate surface area is 142 Å². The Balaban J connectivity index is 2.54. The molecule has 0 atom stereocenters. The van der Waals surface area contributed by atoms with Crippen molar-refractivity contribution in [3.05, 3.63) is 47.0 Å². The second kappa shape index (κ2) is 9.10. The monoisotopic (exact) mass is 376 g/mol. The number of hydrogen-bond donors (Lipinski definition) is 4. The van der Waals surface area contributed by atoms with Crippen molar-refractivity contribution in [1.29, 1.82) is 0 Å². The van der Waals surface area contributed by atoms with Crippen molar-refractivity contribution in [3.63, 3.8) is 0 Å². The standard InChI is InChI=1S/C16H26O6P2/c1-13(2)5-3-6-14-9-11-15(12-10-14)7-4-8-16(23(17,18)19)24(20,21)22/h5,9-12,16H,3-4,6-8H2,1-2H3,(H2,17,18,19)(H2,20,21,22). The summed E-state index contributed by atoms with van der Waals surface area (Å²) in [4.78, 5) is 36.3. The fraction of sp³-hybridized carbons (Fsp3) is 0.500. The van der Waals surface area contributed by atoms with Crippen molar-refractivity contribution in [3.8, 4) is 0 Å². The molecule has 0 aliphatic heterocycles. The molecule has 1 rings (SSSR count). The lowest BCUT2D eigenvalue weighted by molar-refractivity contribution is 0.334. The minimum Gasteiger partial charge on any atom is -0.324 e. The van der Waals surface area contributed by atoms with Gasteiger partial charge in [0.05, 0.1) is 0 Å². The van der Waals surface area contributed by atoms with E-state index in [1.54, 1.807) is 0 Å². The van der Waals surface area contributed by atoms with E-state index in [0.717, 1.165) is 18.4 Å². The van der Waals surface area contributed by atoms with Crippen LogP contribution < -0.4 is 0 Å². The van der Waals surface area contributed by atoms with E-state index < -0.39 is 20.6 Å². The van der Waals surface area contributed by atoms with Crippen LogP contribution in [0.2, 0.25) is 0 Å². The minimum atomic E-state index is -4.82. The molecule has 8 heteroatoms. The molecule has 0 saturated carbocycles. The molecule has 0 aliphatic rings. The van der Waals surface area contributed by atoms with Crippen LogP contribution in [0.5, 0.6) is 0 Å². The Morgan fingerprint density at radius 3 is 1.83 bits per heavy atom. The summed E-state index contributed by atoms with van der Waals surface area (Å²) in [6, 6.07) is 7.92. The molecule has 0 saturated heterocycles. The third-order valence-corrected chi connectivity index (χ3v) is 7.59. The number of aryl methyl sites for hydroxylation is 2. The van der Waals surface area contributed by atoms with Crippen molar-refractivity contribution in [2.45, 2.75) is 51.4 Å². The molecule has 0 bridgehead atoms. The smallest absolute Gasteiger partial charge is 0.324 e. The molecule has 0 radical (unpaired) electrons. The topological polar surface area (TPSA) is 115 Å². The molecule has 24 heavy (non-hydrogen) atoms. The van der Waals surface area contributed by atoms with Gasteiger partial charge in [0, 0.05) is 0 Å². The number of rotatable bonds is 9. The Morgan fingerprint density at radius 2 is 1.42 bits per heavy atom. The van der Waals surface area contributed by atoms with E-state index >= 15 is 0 Å². The third-order valence-electron chi connectivity index (χ3n) is 3.71. The minimum absolute atomic E-state index is 0.211. The predicted octanol–water partition coefficient (Wildman–Crippen LogP) is 3.59. The highest BCUT2D eigenvalue weighted by Crippen LogP contribution is 2.61. The Kier molecular flexibility index (Phi) is 8.07. The second-order valence-electron chi connectivity index (χ2n) is 6.19. The molecule has 6 nitrogen and oxygen atoms in total. The third kappa shape index (κ3) is 7.89. The first-order valence-corrected chi connectivity index (χ1v) is 11.2. The van der Waals surface area contributed by atoms with Crippen molar-refractivity contribution < 1.29 is 28.7 Å². The van der Waals surface area contributed by atoms with Gasteiger partial charge in [0.2, 0.25) is 0 Å². The maximum absolute atomic E-state index is 11.2. The van der Waals surface area contributed by atoms with Crippen LogP contribution in [0.3, 0.4) is 0 Å². The Morgan fingerprint density at radius 1 is 0.958 bits per heavy atom. The van der Waals surface area contributed by atoms with Crippen molar-refractivity contribution >= 4 is 15.2 Å². The molecule has 136 valence electrons. The van der Waals surface area contributed by atoms with Gasteiger partial charge in [-0.1, -0.05) is 35.9 Å². The van der Waals surface area contributed by atoms with Gasteiger partial charge in [0.25, 0.3) is 0 Å². The zero-order valence-corrected chi connectivity index (χ0v) is 15.8. The molecule has 0 spiro atoms. The summed E-state index contributed by atoms with van der Waals surface area (Å²) in [6.07, 6.45) is 4.72. The van der Waals surface area contributed by atoms with Gasteiger partial charge < -0.3 is 19.6 Å². The molecule has 0 aliphatic carbocycles. The van der Waals surface area contributed by atoms with Crippen LogP contribution >= 0.6 is 15.2 Å². The Hall–Kier alpha value is -0.740. The zero-order chi connectivity index (χ0) is 18.4. The van der Waals surface area contributed by atoms with Crippen LogP contribution in [0.1, 0.15) is 44.2 Å². The maximum atomic E-state index is 11.2. The van der Waals surface area contributed by atoms with Crippen molar-refractivity contribution in [2.75, 3.05) is 0 Å². The molecule has 1 aromatic carbocycles. The van der Waals surface area contributed by atoms with E-state index in [0.29, 0.717) is 12.8 Å². The lowest BCUT2D eigenvalue weighted by atomic mass is 10.0. The fourth-order valence-corrected chi connectivity index (χ4v) is 5.03. The summed E-state index contributed by atoms with van der Waals surface area (Å²) >= 11 is 0. The van der Waals surface area contributed by atoms with E-state index in [1.165, 1.54) is 11.1 Å². The van der Waals surface area contributed by atoms with Crippen molar-refractivity contribution in [1.82, 2.24) is 0 Å². The fourth-order valence-electron chi connectivity index (χ4n) is 2.42. The van der Waals surface area contributed by atoms with Gasteiger partial charge in [-0.25, -0.2) is 0 Å². The lowest BCUT2D eigenvalue weighted by Gasteiger charge is -2.19. The average Bonchev–Trinajstić information content (AvgIpc) is 2.42. The zero-order valence-electron chi connectivity index (χ0n) is 14.0. The van der Waals surface area contributed by atoms with Gasteiger partial charge in [-0.2, -0.15) is 0 Å². The van der Waals surface area contributed by atoms with E-state index in [9.17, 15) is 9.13 Å². The molecular weight excluding hydrogens is 350 g/mol. The van der Waals surface area contributed by atoms with E-state index in [-0.39, 0.29) is 6.42 Å². The van der Waals surface area contributed by atoms with Crippen LogP contribution in [-0.2, 0) is 22.0 Å². The van der Waals surface area contributed by atoms with Crippen LogP contribution in [0.25, 0.3) is 0 Å². The largest absolute Gasteiger partial charge is 0.340 e. The molecule has 4 N–H and O–H groups in total. The summed E-state index contributed by atoms with van der Waals surface area (Å²) in [5.74, 6) is 0. The molecule has 0 amide bonds. The maximum Gasteiger partial charge on any atom is 0.340 e. The number of benzene rings is 1. The van der Waals surface area contributed by atoms with Crippen LogP contribution in [-0.4, -0.2) is 25.0 Å². The average molecular weight is 376 g/mol. The molecule has 0 unspecified atom stereocenters. The van der Waals surface area contributed by atoms with Gasteiger partial charge in [0.15, 0.2) is 5.40 Å². The SMILES string of the molecule is CC(C)=CCCc1ccc(CCCC(P(=O)(O)O)P(=O)(O)O)cc1. The summed E-state index contributed by atoms with van der Waals surface area (Å²) in [5.41, 5.74) is 3.48. The molecule has 0 aromatic heterocycles. The van der Waals surface area contributed by atoms with E-state index in [4.69, 9.17) is 19.6 Å². The molecule has 0 fully saturated rings. The number of hydrogen-bond acceptors (Lipinski definition) is 2. The first kappa shape index (κ1) is 21.3. The van der Waals surface area contributed by atoms with Crippen molar-refractivity contribution in [2.24, 2.45) is 0 Å². The van der Waals surface area contributed by atoms with Crippen LogP contribution in [0, 0.1) is 0 Å². The summed E-state index contributed by atoms with van der Waals surface area (Å²) in [7, 11) is -9.63.